The van der Waals surface area contributed by atoms with Crippen molar-refractivity contribution in [1.29, 1.82) is 0 Å². The molecule has 0 unspecified atom stereocenters. The molecule has 1 spiro atoms. The molecule has 0 saturated carbocycles. The van der Waals surface area contributed by atoms with Crippen LogP contribution < -0.4 is 4.90 Å². The largest absolute Gasteiger partial charge is 0.441 e. The van der Waals surface area contributed by atoms with Crippen LogP contribution in [0.2, 0.25) is 0 Å². The summed E-state index contributed by atoms with van der Waals surface area (Å²) in [6, 6.07) is 22.7. The third-order valence-electron chi connectivity index (χ3n) is 5.88. The van der Waals surface area contributed by atoms with E-state index in [0.717, 1.165) is 46.6 Å². The average molecular weight is 355 g/mol. The highest BCUT2D eigenvalue weighted by molar-refractivity contribution is 6.00. The number of nitrogens with zero attached hydrogens (tertiary/aromatic N) is 1. The molecular formula is C24H21NO2. The molecule has 0 saturated heterocycles. The summed E-state index contributed by atoms with van der Waals surface area (Å²) in [4.78, 5) is 15.2. The number of esters is 1. The second kappa shape index (κ2) is 5.71. The van der Waals surface area contributed by atoms with Crippen LogP contribution in [-0.2, 0) is 10.3 Å². The summed E-state index contributed by atoms with van der Waals surface area (Å²) < 4.78 is 6.18. The van der Waals surface area contributed by atoms with Crippen molar-refractivity contribution in [2.75, 3.05) is 18.0 Å². The maximum absolute atomic E-state index is 13.0. The molecule has 1 aliphatic carbocycles. The van der Waals surface area contributed by atoms with E-state index in [1.54, 1.807) is 0 Å². The van der Waals surface area contributed by atoms with Crippen LogP contribution in [0.15, 0.2) is 66.7 Å². The molecule has 27 heavy (non-hydrogen) atoms. The Morgan fingerprint density at radius 3 is 1.93 bits per heavy atom. The van der Waals surface area contributed by atoms with Gasteiger partial charge in [0.15, 0.2) is 5.60 Å². The Morgan fingerprint density at radius 1 is 0.778 bits per heavy atom. The van der Waals surface area contributed by atoms with E-state index in [4.69, 9.17) is 4.74 Å². The molecule has 0 amide bonds. The Hall–Kier alpha value is -3.07. The van der Waals surface area contributed by atoms with E-state index < -0.39 is 5.60 Å². The molecule has 0 aromatic heterocycles. The molecule has 3 aromatic carbocycles. The van der Waals surface area contributed by atoms with Crippen LogP contribution in [0.4, 0.5) is 5.69 Å². The molecule has 3 aromatic rings. The number of anilines is 1. The smallest absolute Gasteiger partial charge is 0.340 e. The zero-order valence-corrected chi connectivity index (χ0v) is 15.5. The van der Waals surface area contributed by atoms with Crippen molar-refractivity contribution in [3.05, 3.63) is 89.0 Å². The minimum atomic E-state index is -0.832. The predicted octanol–water partition coefficient (Wildman–Crippen LogP) is 4.98. The van der Waals surface area contributed by atoms with Crippen molar-refractivity contribution in [2.45, 2.75) is 19.4 Å². The molecule has 0 atom stereocenters. The van der Waals surface area contributed by atoms with Gasteiger partial charge in [-0.1, -0.05) is 54.6 Å². The molecule has 3 heteroatoms. The summed E-state index contributed by atoms with van der Waals surface area (Å²) in [5.41, 5.74) is 6.23. The second-order valence-electron chi connectivity index (χ2n) is 7.06. The first-order valence-corrected chi connectivity index (χ1v) is 9.53. The third kappa shape index (κ3) is 2.00. The maximum atomic E-state index is 13.0. The molecule has 2 aliphatic rings. The van der Waals surface area contributed by atoms with Gasteiger partial charge in [-0.3, -0.25) is 0 Å². The maximum Gasteiger partial charge on any atom is 0.340 e. The third-order valence-corrected chi connectivity index (χ3v) is 5.88. The summed E-state index contributed by atoms with van der Waals surface area (Å²) in [6.07, 6.45) is 0. The van der Waals surface area contributed by atoms with E-state index in [9.17, 15) is 4.79 Å². The van der Waals surface area contributed by atoms with Crippen molar-refractivity contribution in [1.82, 2.24) is 0 Å². The summed E-state index contributed by atoms with van der Waals surface area (Å²) in [6.45, 7) is 6.06. The Kier molecular flexibility index (Phi) is 3.41. The fourth-order valence-electron chi connectivity index (χ4n) is 4.64. The van der Waals surface area contributed by atoms with Crippen LogP contribution in [-0.4, -0.2) is 19.1 Å². The second-order valence-corrected chi connectivity index (χ2v) is 7.06. The van der Waals surface area contributed by atoms with E-state index in [1.807, 2.05) is 30.3 Å². The highest BCUT2D eigenvalue weighted by atomic mass is 16.6. The molecule has 1 heterocycles. The van der Waals surface area contributed by atoms with Crippen LogP contribution in [0.25, 0.3) is 11.1 Å². The quantitative estimate of drug-likeness (QED) is 0.621. The topological polar surface area (TPSA) is 29.5 Å². The fraction of sp³-hybridized carbons (Fsp3) is 0.208. The molecule has 3 nitrogen and oxygen atoms in total. The number of hydrogen-bond donors (Lipinski definition) is 0. The molecule has 5 rings (SSSR count). The van der Waals surface area contributed by atoms with E-state index in [1.165, 1.54) is 0 Å². The highest BCUT2D eigenvalue weighted by Gasteiger charge is 2.53. The molecule has 0 bridgehead atoms. The van der Waals surface area contributed by atoms with Crippen LogP contribution in [0, 0.1) is 0 Å². The van der Waals surface area contributed by atoms with Gasteiger partial charge in [0.05, 0.1) is 5.56 Å². The number of hydrogen-bond acceptors (Lipinski definition) is 3. The molecule has 0 fully saturated rings. The van der Waals surface area contributed by atoms with Gasteiger partial charge in [0.2, 0.25) is 0 Å². The zero-order chi connectivity index (χ0) is 18.6. The molecule has 1 aliphatic heterocycles. The average Bonchev–Trinajstić information content (AvgIpc) is 3.17. The Labute approximate surface area is 159 Å². The van der Waals surface area contributed by atoms with Crippen LogP contribution in [0.3, 0.4) is 0 Å². The van der Waals surface area contributed by atoms with E-state index >= 15 is 0 Å². The van der Waals surface area contributed by atoms with Gasteiger partial charge in [-0.25, -0.2) is 4.79 Å². The van der Waals surface area contributed by atoms with Crippen LogP contribution in [0.5, 0.6) is 0 Å². The number of benzene rings is 3. The zero-order valence-electron chi connectivity index (χ0n) is 15.5. The molecule has 0 N–H and O–H groups in total. The van der Waals surface area contributed by atoms with E-state index in [2.05, 4.69) is 55.1 Å². The lowest BCUT2D eigenvalue weighted by Crippen LogP contribution is -2.27. The van der Waals surface area contributed by atoms with E-state index in [-0.39, 0.29) is 5.97 Å². The van der Waals surface area contributed by atoms with Gasteiger partial charge in [-0.05, 0) is 37.1 Å². The monoisotopic (exact) mass is 355 g/mol. The molecule has 0 radical (unpaired) electrons. The molecule has 134 valence electrons. The van der Waals surface area contributed by atoms with Crippen molar-refractivity contribution in [3.8, 4) is 11.1 Å². The first kappa shape index (κ1) is 16.1. The number of carbonyl (C=O) groups is 1. The Balaban J connectivity index is 1.78. The van der Waals surface area contributed by atoms with Gasteiger partial charge < -0.3 is 9.64 Å². The molecular weight excluding hydrogens is 334 g/mol. The highest BCUT2D eigenvalue weighted by Crippen LogP contribution is 2.56. The van der Waals surface area contributed by atoms with Gasteiger partial charge in [0.1, 0.15) is 0 Å². The standard InChI is InChI=1S/C24H21NO2/c1-3-25(4-2)16-13-14-22-19(15-16)23(26)27-24(22)20-11-7-5-9-17(20)18-10-6-8-12-21(18)24/h5-15H,3-4H2,1-2H3. The van der Waals surface area contributed by atoms with Crippen molar-refractivity contribution in [2.24, 2.45) is 0 Å². The summed E-state index contributed by atoms with van der Waals surface area (Å²) in [7, 11) is 0. The first-order valence-electron chi connectivity index (χ1n) is 9.53. The van der Waals surface area contributed by atoms with Gasteiger partial charge >= 0.3 is 5.97 Å². The Morgan fingerprint density at radius 2 is 1.33 bits per heavy atom. The lowest BCUT2D eigenvalue weighted by Gasteiger charge is -2.27. The normalized spacial score (nSPS) is 15.3. The Bertz CT molecular complexity index is 1020. The van der Waals surface area contributed by atoms with Crippen molar-refractivity contribution in [3.63, 3.8) is 0 Å². The lowest BCUT2D eigenvalue weighted by atomic mass is 9.83. The minimum absolute atomic E-state index is 0.245. The summed E-state index contributed by atoms with van der Waals surface area (Å²) in [5.74, 6) is -0.245. The van der Waals surface area contributed by atoms with Gasteiger partial charge in [0, 0.05) is 35.5 Å². The first-order chi connectivity index (χ1) is 13.2. The summed E-state index contributed by atoms with van der Waals surface area (Å²) in [5, 5.41) is 0. The minimum Gasteiger partial charge on any atom is -0.441 e. The summed E-state index contributed by atoms with van der Waals surface area (Å²) >= 11 is 0. The number of rotatable bonds is 3. The van der Waals surface area contributed by atoms with Gasteiger partial charge in [0.25, 0.3) is 0 Å². The van der Waals surface area contributed by atoms with Gasteiger partial charge in [-0.15, -0.1) is 0 Å². The van der Waals surface area contributed by atoms with Gasteiger partial charge in [-0.2, -0.15) is 0 Å². The van der Waals surface area contributed by atoms with E-state index in [0.29, 0.717) is 5.56 Å². The van der Waals surface area contributed by atoms with Crippen molar-refractivity contribution < 1.29 is 9.53 Å². The van der Waals surface area contributed by atoms with Crippen molar-refractivity contribution >= 4 is 11.7 Å². The number of fused-ring (bicyclic) bond motifs is 7. The van der Waals surface area contributed by atoms with Crippen LogP contribution in [0.1, 0.15) is 40.9 Å². The lowest BCUT2D eigenvalue weighted by molar-refractivity contribution is 0.0264. The SMILES string of the molecule is CCN(CC)c1ccc2c(c1)C(=O)OC21c2ccccc2-c2ccccc21. The van der Waals surface area contributed by atoms with Crippen LogP contribution >= 0.6 is 0 Å². The fourth-order valence-corrected chi connectivity index (χ4v) is 4.64. The number of carbonyl (C=O) groups excluding carboxylic acids is 1. The number of ether oxygens (including phenoxy) is 1. The predicted molar refractivity (Wildman–Crippen MR) is 107 cm³/mol.